The van der Waals surface area contributed by atoms with Crippen molar-refractivity contribution in [3.63, 3.8) is 0 Å². The largest absolute Gasteiger partial charge is 0.311 e. The van der Waals surface area contributed by atoms with E-state index < -0.39 is 0 Å². The molecule has 0 amide bonds. The molecule has 78 valence electrons. The molecule has 0 unspecified atom stereocenters. The van der Waals surface area contributed by atoms with E-state index in [0.717, 1.165) is 19.0 Å². The van der Waals surface area contributed by atoms with Gasteiger partial charge < -0.3 is 5.32 Å². The quantitative estimate of drug-likeness (QED) is 0.750. The van der Waals surface area contributed by atoms with Gasteiger partial charge in [0.05, 0.1) is 0 Å². The van der Waals surface area contributed by atoms with Gasteiger partial charge in [0.2, 0.25) is 0 Å². The lowest BCUT2D eigenvalue weighted by molar-refractivity contribution is 0.337. The summed E-state index contributed by atoms with van der Waals surface area (Å²) in [6, 6.07) is 2.02. The van der Waals surface area contributed by atoms with Gasteiger partial charge in [0.15, 0.2) is 0 Å². The van der Waals surface area contributed by atoms with Crippen molar-refractivity contribution in [2.45, 2.75) is 33.2 Å². The van der Waals surface area contributed by atoms with E-state index in [-0.39, 0.29) is 0 Å². The summed E-state index contributed by atoms with van der Waals surface area (Å²) in [5, 5.41) is 10.4. The van der Waals surface area contributed by atoms with Gasteiger partial charge in [-0.25, -0.2) is 0 Å². The zero-order valence-electron chi connectivity index (χ0n) is 9.01. The highest BCUT2D eigenvalue weighted by molar-refractivity contribution is 5.00. The van der Waals surface area contributed by atoms with Gasteiger partial charge in [-0.05, 0) is 30.2 Å². The van der Waals surface area contributed by atoms with Crippen molar-refractivity contribution in [2.75, 3.05) is 6.54 Å². The fourth-order valence-corrected chi connectivity index (χ4v) is 1.95. The van der Waals surface area contributed by atoms with Crippen molar-refractivity contribution < 1.29 is 0 Å². The van der Waals surface area contributed by atoms with E-state index in [4.69, 9.17) is 0 Å². The average molecular weight is 193 g/mol. The SMILES string of the molecule is CC(C)C1(CNCc2ccn[nH]2)CC1. The lowest BCUT2D eigenvalue weighted by atomic mass is 9.92. The summed E-state index contributed by atoms with van der Waals surface area (Å²) in [5.41, 5.74) is 1.77. The minimum Gasteiger partial charge on any atom is -0.311 e. The van der Waals surface area contributed by atoms with Crippen LogP contribution in [-0.2, 0) is 6.54 Å². The third-order valence-corrected chi connectivity index (χ3v) is 3.47. The highest BCUT2D eigenvalue weighted by atomic mass is 15.1. The van der Waals surface area contributed by atoms with Crippen LogP contribution in [0.4, 0.5) is 0 Å². The fraction of sp³-hybridized carbons (Fsp3) is 0.727. The Balaban J connectivity index is 1.73. The van der Waals surface area contributed by atoms with Crippen LogP contribution < -0.4 is 5.32 Å². The molecular weight excluding hydrogens is 174 g/mol. The van der Waals surface area contributed by atoms with Gasteiger partial charge in [-0.3, -0.25) is 5.10 Å². The Bertz CT molecular complexity index is 273. The molecule has 0 radical (unpaired) electrons. The van der Waals surface area contributed by atoms with E-state index in [1.165, 1.54) is 18.5 Å². The Morgan fingerprint density at radius 2 is 2.36 bits per heavy atom. The zero-order chi connectivity index (χ0) is 10.0. The van der Waals surface area contributed by atoms with E-state index in [1.807, 2.05) is 6.07 Å². The van der Waals surface area contributed by atoms with Crippen LogP contribution in [0, 0.1) is 11.3 Å². The first-order valence-corrected chi connectivity index (χ1v) is 5.42. The van der Waals surface area contributed by atoms with E-state index in [2.05, 4.69) is 29.4 Å². The van der Waals surface area contributed by atoms with Gasteiger partial charge in [0, 0.05) is 25.0 Å². The molecule has 1 fully saturated rings. The van der Waals surface area contributed by atoms with Crippen molar-refractivity contribution >= 4 is 0 Å². The van der Waals surface area contributed by atoms with Crippen LogP contribution in [0.3, 0.4) is 0 Å². The van der Waals surface area contributed by atoms with Gasteiger partial charge >= 0.3 is 0 Å². The van der Waals surface area contributed by atoms with Crippen molar-refractivity contribution in [2.24, 2.45) is 11.3 Å². The van der Waals surface area contributed by atoms with Crippen LogP contribution >= 0.6 is 0 Å². The molecular formula is C11H19N3. The topological polar surface area (TPSA) is 40.7 Å². The summed E-state index contributed by atoms with van der Waals surface area (Å²) in [4.78, 5) is 0. The molecule has 2 rings (SSSR count). The van der Waals surface area contributed by atoms with Crippen LogP contribution in [0.5, 0.6) is 0 Å². The van der Waals surface area contributed by atoms with E-state index >= 15 is 0 Å². The van der Waals surface area contributed by atoms with Crippen molar-refractivity contribution in [1.29, 1.82) is 0 Å². The molecule has 3 nitrogen and oxygen atoms in total. The first-order chi connectivity index (χ1) is 6.73. The maximum Gasteiger partial charge on any atom is 0.0490 e. The number of hydrogen-bond donors (Lipinski definition) is 2. The molecule has 0 saturated heterocycles. The van der Waals surface area contributed by atoms with E-state index in [9.17, 15) is 0 Å². The Morgan fingerprint density at radius 3 is 2.86 bits per heavy atom. The summed E-state index contributed by atoms with van der Waals surface area (Å²) in [7, 11) is 0. The van der Waals surface area contributed by atoms with E-state index in [0.29, 0.717) is 5.41 Å². The average Bonchev–Trinajstić information content (AvgIpc) is 2.76. The van der Waals surface area contributed by atoms with Crippen LogP contribution in [0.1, 0.15) is 32.4 Å². The first-order valence-electron chi connectivity index (χ1n) is 5.42. The molecule has 1 aliphatic carbocycles. The number of hydrogen-bond acceptors (Lipinski definition) is 2. The Morgan fingerprint density at radius 1 is 1.57 bits per heavy atom. The number of aromatic amines is 1. The summed E-state index contributed by atoms with van der Waals surface area (Å²) in [6.07, 6.45) is 4.58. The molecule has 1 aromatic rings. The highest BCUT2D eigenvalue weighted by Gasteiger charge is 2.44. The zero-order valence-corrected chi connectivity index (χ0v) is 9.01. The smallest absolute Gasteiger partial charge is 0.0490 e. The molecule has 1 heterocycles. The molecule has 0 bridgehead atoms. The predicted molar refractivity (Wildman–Crippen MR) is 56.8 cm³/mol. The third kappa shape index (κ3) is 1.98. The minimum atomic E-state index is 0.597. The van der Waals surface area contributed by atoms with Crippen LogP contribution in [-0.4, -0.2) is 16.7 Å². The lowest BCUT2D eigenvalue weighted by Gasteiger charge is -2.19. The number of rotatable bonds is 5. The molecule has 1 aliphatic rings. The molecule has 0 spiro atoms. The van der Waals surface area contributed by atoms with Crippen molar-refractivity contribution in [3.8, 4) is 0 Å². The molecule has 0 aromatic carbocycles. The molecule has 0 atom stereocenters. The van der Waals surface area contributed by atoms with Gasteiger partial charge in [0.25, 0.3) is 0 Å². The Labute approximate surface area is 85.3 Å². The monoisotopic (exact) mass is 193 g/mol. The fourth-order valence-electron chi connectivity index (χ4n) is 1.95. The highest BCUT2D eigenvalue weighted by Crippen LogP contribution is 2.51. The second-order valence-corrected chi connectivity index (χ2v) is 4.70. The Hall–Kier alpha value is -0.830. The van der Waals surface area contributed by atoms with Crippen LogP contribution in [0.15, 0.2) is 12.3 Å². The van der Waals surface area contributed by atoms with Gasteiger partial charge in [-0.2, -0.15) is 5.10 Å². The summed E-state index contributed by atoms with van der Waals surface area (Å²) in [5.74, 6) is 0.803. The second-order valence-electron chi connectivity index (χ2n) is 4.70. The van der Waals surface area contributed by atoms with Gasteiger partial charge in [0.1, 0.15) is 0 Å². The summed E-state index contributed by atoms with van der Waals surface area (Å²) < 4.78 is 0. The minimum absolute atomic E-state index is 0.597. The standard InChI is InChI=1S/C11H19N3/c1-9(2)11(4-5-11)8-12-7-10-3-6-13-14-10/h3,6,9,12H,4-5,7-8H2,1-2H3,(H,13,14). The second kappa shape index (κ2) is 3.73. The number of aromatic nitrogens is 2. The maximum atomic E-state index is 3.92. The number of nitrogens with zero attached hydrogens (tertiary/aromatic N) is 1. The number of nitrogens with one attached hydrogen (secondary N) is 2. The third-order valence-electron chi connectivity index (χ3n) is 3.47. The van der Waals surface area contributed by atoms with E-state index in [1.54, 1.807) is 6.20 Å². The molecule has 0 aliphatic heterocycles. The number of H-pyrrole nitrogens is 1. The molecule has 14 heavy (non-hydrogen) atoms. The molecule has 2 N–H and O–H groups in total. The maximum absolute atomic E-state index is 3.92. The van der Waals surface area contributed by atoms with Gasteiger partial charge in [-0.15, -0.1) is 0 Å². The Kier molecular flexibility index (Phi) is 2.59. The van der Waals surface area contributed by atoms with Crippen LogP contribution in [0.25, 0.3) is 0 Å². The first kappa shape index (κ1) is 9.71. The molecule has 3 heteroatoms. The molecule has 1 aromatic heterocycles. The summed E-state index contributed by atoms with van der Waals surface area (Å²) in [6.45, 7) is 6.70. The molecule has 1 saturated carbocycles. The predicted octanol–water partition coefficient (Wildman–Crippen LogP) is 1.94. The van der Waals surface area contributed by atoms with Crippen molar-refractivity contribution in [3.05, 3.63) is 18.0 Å². The van der Waals surface area contributed by atoms with Gasteiger partial charge in [-0.1, -0.05) is 13.8 Å². The van der Waals surface area contributed by atoms with Crippen LogP contribution in [0.2, 0.25) is 0 Å². The normalized spacial score (nSPS) is 18.8. The summed E-state index contributed by atoms with van der Waals surface area (Å²) >= 11 is 0. The lowest BCUT2D eigenvalue weighted by Crippen LogP contribution is -2.27. The van der Waals surface area contributed by atoms with Crippen molar-refractivity contribution in [1.82, 2.24) is 15.5 Å².